The highest BCUT2D eigenvalue weighted by atomic mass is 35.5. The lowest BCUT2D eigenvalue weighted by Crippen LogP contribution is -2.31. The van der Waals surface area contributed by atoms with Gasteiger partial charge >= 0.3 is 6.09 Å². The van der Waals surface area contributed by atoms with Crippen LogP contribution in [0.2, 0.25) is 5.02 Å². The monoisotopic (exact) mass is 606 g/mol. The minimum absolute atomic E-state index is 0.0123. The zero-order chi connectivity index (χ0) is 30.7. The molecule has 0 saturated heterocycles. The van der Waals surface area contributed by atoms with Gasteiger partial charge in [-0.1, -0.05) is 42.3 Å². The molecule has 1 aliphatic rings. The molecule has 12 nitrogen and oxygen atoms in total. The summed E-state index contributed by atoms with van der Waals surface area (Å²) in [5, 5.41) is 24.9. The van der Waals surface area contributed by atoms with Gasteiger partial charge in [0.25, 0.3) is 5.91 Å². The predicted octanol–water partition coefficient (Wildman–Crippen LogP) is 5.23. The predicted molar refractivity (Wildman–Crippen MR) is 156 cm³/mol. The number of benzene rings is 2. The van der Waals surface area contributed by atoms with Gasteiger partial charge in [-0.05, 0) is 50.1 Å². The van der Waals surface area contributed by atoms with Crippen LogP contribution >= 0.6 is 11.6 Å². The Balaban J connectivity index is 1.48. The van der Waals surface area contributed by atoms with E-state index >= 15 is 0 Å². The second-order valence-electron chi connectivity index (χ2n) is 10.1. The second-order valence-corrected chi connectivity index (χ2v) is 10.5. The van der Waals surface area contributed by atoms with Gasteiger partial charge in [0, 0.05) is 22.7 Å². The summed E-state index contributed by atoms with van der Waals surface area (Å²) >= 11 is 5.93. The van der Waals surface area contributed by atoms with E-state index in [0.717, 1.165) is 0 Å². The molecule has 2 aromatic carbocycles. The Bertz CT molecular complexity index is 1710. The molecule has 43 heavy (non-hydrogen) atoms. The summed E-state index contributed by atoms with van der Waals surface area (Å²) in [4.78, 5) is 38.3. The third kappa shape index (κ3) is 6.31. The molecule has 0 radical (unpaired) electrons. The van der Waals surface area contributed by atoms with E-state index in [0.29, 0.717) is 53.2 Å². The third-order valence-corrected chi connectivity index (χ3v) is 7.49. The standard InChI is InChI=1S/C29H28ClFN8O4/c1-15-6-4-8-21(34-28(41)26-16(2)39(38-37-26)24-9-5-7-20(30)25(24)31)23-12-17(14-32-36-23)19-11-10-18(33-29(42)43-3)13-22(19)35-27(15)40/h5,7,9-15,21H,4,6,8H2,1-3H3,(H,33,42)(H,34,41)(H,35,40)/t15-,21+/m1/s1. The summed E-state index contributed by atoms with van der Waals surface area (Å²) in [5.74, 6) is -1.75. The van der Waals surface area contributed by atoms with Crippen LogP contribution in [-0.4, -0.2) is 50.2 Å². The number of anilines is 2. The number of hydrogen-bond donors (Lipinski definition) is 3. The Labute approximate surface area is 251 Å². The normalized spacial score (nSPS) is 16.6. The average Bonchev–Trinajstić information content (AvgIpc) is 3.38. The molecule has 0 fully saturated rings. The van der Waals surface area contributed by atoms with E-state index in [1.165, 1.54) is 23.9 Å². The quantitative estimate of drug-likeness (QED) is 0.285. The lowest BCUT2D eigenvalue weighted by atomic mass is 9.96. The number of nitrogens with one attached hydrogen (secondary N) is 3. The molecule has 5 rings (SSSR count). The molecule has 0 spiro atoms. The van der Waals surface area contributed by atoms with Crippen molar-refractivity contribution in [3.05, 3.63) is 76.6 Å². The maximum absolute atomic E-state index is 14.7. The molecule has 222 valence electrons. The highest BCUT2D eigenvalue weighted by Crippen LogP contribution is 2.33. The summed E-state index contributed by atoms with van der Waals surface area (Å²) in [7, 11) is 1.26. The Morgan fingerprint density at radius 2 is 1.98 bits per heavy atom. The zero-order valence-electron chi connectivity index (χ0n) is 23.5. The van der Waals surface area contributed by atoms with Crippen molar-refractivity contribution in [2.75, 3.05) is 17.7 Å². The highest BCUT2D eigenvalue weighted by molar-refractivity contribution is 6.30. The number of nitrogens with zero attached hydrogens (tertiary/aromatic N) is 5. The van der Waals surface area contributed by atoms with Gasteiger partial charge < -0.3 is 15.4 Å². The number of hydrogen-bond acceptors (Lipinski definition) is 8. The van der Waals surface area contributed by atoms with Crippen molar-refractivity contribution in [3.63, 3.8) is 0 Å². The van der Waals surface area contributed by atoms with E-state index in [1.54, 1.807) is 43.5 Å². The van der Waals surface area contributed by atoms with Crippen LogP contribution in [0.4, 0.5) is 20.6 Å². The Morgan fingerprint density at radius 1 is 1.16 bits per heavy atom. The van der Waals surface area contributed by atoms with Crippen LogP contribution in [0.1, 0.15) is 54.1 Å². The molecule has 14 heteroatoms. The van der Waals surface area contributed by atoms with Gasteiger partial charge in [-0.2, -0.15) is 10.2 Å². The minimum atomic E-state index is -0.679. The molecule has 0 unspecified atom stereocenters. The number of halogens is 2. The number of ether oxygens (including phenoxy) is 1. The van der Waals surface area contributed by atoms with Crippen molar-refractivity contribution in [3.8, 4) is 16.8 Å². The fourth-order valence-corrected chi connectivity index (χ4v) is 4.98. The van der Waals surface area contributed by atoms with Crippen molar-refractivity contribution in [2.45, 2.75) is 39.2 Å². The van der Waals surface area contributed by atoms with Crippen LogP contribution < -0.4 is 16.0 Å². The average molecular weight is 607 g/mol. The molecular formula is C29H28ClFN8O4. The largest absolute Gasteiger partial charge is 0.453 e. The van der Waals surface area contributed by atoms with Crippen molar-refractivity contribution in [1.82, 2.24) is 30.5 Å². The summed E-state index contributed by atoms with van der Waals surface area (Å²) in [5.41, 5.74) is 3.07. The minimum Gasteiger partial charge on any atom is -0.453 e. The van der Waals surface area contributed by atoms with Crippen molar-refractivity contribution in [1.29, 1.82) is 0 Å². The summed E-state index contributed by atoms with van der Waals surface area (Å²) in [6.45, 7) is 3.43. The van der Waals surface area contributed by atoms with Crippen molar-refractivity contribution in [2.24, 2.45) is 5.92 Å². The SMILES string of the molecule is COC(=O)Nc1ccc2c(c1)NC(=O)[C@H](C)CCC[C@H](NC(=O)c1nnn(-c3cccc(Cl)c3F)c1C)c1cc-2cnn1. The second kappa shape index (κ2) is 12.5. The summed E-state index contributed by atoms with van der Waals surface area (Å²) in [6.07, 6.45) is 2.48. The first-order valence-corrected chi connectivity index (χ1v) is 13.8. The molecule has 4 aromatic rings. The first-order valence-electron chi connectivity index (χ1n) is 13.5. The van der Waals surface area contributed by atoms with Crippen LogP contribution in [0.25, 0.3) is 16.8 Å². The maximum atomic E-state index is 14.7. The molecule has 2 aromatic heterocycles. The smallest absolute Gasteiger partial charge is 0.411 e. The van der Waals surface area contributed by atoms with E-state index in [4.69, 9.17) is 11.6 Å². The Morgan fingerprint density at radius 3 is 2.77 bits per heavy atom. The number of carbonyl (C=O) groups is 3. The van der Waals surface area contributed by atoms with E-state index in [2.05, 4.69) is 41.2 Å². The van der Waals surface area contributed by atoms with Crippen LogP contribution in [0.15, 0.2) is 48.7 Å². The molecule has 1 aliphatic heterocycles. The lowest BCUT2D eigenvalue weighted by molar-refractivity contribution is -0.119. The number of carbonyl (C=O) groups excluding carboxylic acids is 3. The van der Waals surface area contributed by atoms with Crippen molar-refractivity contribution < 1.29 is 23.5 Å². The van der Waals surface area contributed by atoms with Gasteiger partial charge in [-0.25, -0.2) is 13.9 Å². The molecule has 0 aliphatic carbocycles. The number of aromatic nitrogens is 5. The van der Waals surface area contributed by atoms with Crippen LogP contribution in [0.5, 0.6) is 0 Å². The first-order chi connectivity index (χ1) is 20.7. The Hall–Kier alpha value is -4.91. The molecule has 2 atom stereocenters. The van der Waals surface area contributed by atoms with Crippen LogP contribution in [0.3, 0.4) is 0 Å². The molecule has 3 heterocycles. The summed E-state index contributed by atoms with van der Waals surface area (Å²) in [6, 6.07) is 10.7. The Kier molecular flexibility index (Phi) is 8.62. The molecule has 2 bridgehead atoms. The van der Waals surface area contributed by atoms with Gasteiger partial charge in [0.1, 0.15) is 5.69 Å². The van der Waals surface area contributed by atoms with E-state index in [1.807, 2.05) is 6.92 Å². The number of amides is 3. The number of fused-ring (bicyclic) bond motifs is 4. The van der Waals surface area contributed by atoms with Crippen LogP contribution in [0, 0.1) is 18.7 Å². The van der Waals surface area contributed by atoms with Gasteiger partial charge in [0.2, 0.25) is 5.91 Å². The molecule has 3 amide bonds. The molecule has 3 N–H and O–H groups in total. The van der Waals surface area contributed by atoms with Gasteiger partial charge in [0.15, 0.2) is 11.5 Å². The van der Waals surface area contributed by atoms with E-state index in [-0.39, 0.29) is 28.2 Å². The third-order valence-electron chi connectivity index (χ3n) is 7.20. The van der Waals surface area contributed by atoms with Gasteiger partial charge in [-0.15, -0.1) is 5.10 Å². The fraction of sp³-hybridized carbons (Fsp3) is 0.276. The van der Waals surface area contributed by atoms with E-state index < -0.39 is 23.9 Å². The van der Waals surface area contributed by atoms with Gasteiger partial charge in [0.05, 0.1) is 41.4 Å². The van der Waals surface area contributed by atoms with Crippen LogP contribution in [-0.2, 0) is 9.53 Å². The van der Waals surface area contributed by atoms with Gasteiger partial charge in [-0.3, -0.25) is 14.9 Å². The first kappa shape index (κ1) is 29.6. The molecule has 0 saturated carbocycles. The van der Waals surface area contributed by atoms with E-state index in [9.17, 15) is 18.8 Å². The number of methoxy groups -OCH3 is 1. The number of rotatable bonds is 4. The fourth-order valence-electron chi connectivity index (χ4n) is 4.81. The lowest BCUT2D eigenvalue weighted by Gasteiger charge is -2.22. The highest BCUT2D eigenvalue weighted by Gasteiger charge is 2.26. The molecular weight excluding hydrogens is 579 g/mol. The maximum Gasteiger partial charge on any atom is 0.411 e. The zero-order valence-corrected chi connectivity index (χ0v) is 24.3. The summed E-state index contributed by atoms with van der Waals surface area (Å²) < 4.78 is 20.6. The van der Waals surface area contributed by atoms with Crippen molar-refractivity contribution >= 4 is 40.9 Å². The topological polar surface area (TPSA) is 153 Å².